The van der Waals surface area contributed by atoms with Crippen molar-refractivity contribution in [2.75, 3.05) is 19.3 Å². The van der Waals surface area contributed by atoms with Crippen LogP contribution in [0.5, 0.6) is 0 Å². The lowest BCUT2D eigenvalue weighted by Gasteiger charge is -2.22. The summed E-state index contributed by atoms with van der Waals surface area (Å²) in [7, 11) is -2.91. The number of rotatable bonds is 3. The van der Waals surface area contributed by atoms with Crippen LogP contribution < -0.4 is 0 Å². The minimum Gasteiger partial charge on any atom is -0.335 e. The van der Waals surface area contributed by atoms with Gasteiger partial charge in [-0.25, -0.2) is 13.4 Å². The highest BCUT2D eigenvalue weighted by Crippen LogP contribution is 2.39. The zero-order chi connectivity index (χ0) is 20.7. The molecular weight excluding hydrogens is 396 g/mol. The molecule has 1 heterocycles. The van der Waals surface area contributed by atoms with Crippen LogP contribution in [-0.4, -0.2) is 34.4 Å². The summed E-state index contributed by atoms with van der Waals surface area (Å²) in [5.74, 6) is -0.467. The fourth-order valence-electron chi connectivity index (χ4n) is 3.20. The number of halogens is 4. The molecule has 28 heavy (non-hydrogen) atoms. The van der Waals surface area contributed by atoms with Gasteiger partial charge in [-0.1, -0.05) is 12.1 Å². The zero-order valence-electron chi connectivity index (χ0n) is 14.9. The summed E-state index contributed by atoms with van der Waals surface area (Å²) in [5, 5.41) is 0. The van der Waals surface area contributed by atoms with Gasteiger partial charge in [-0.05, 0) is 42.0 Å². The number of hydrogen-bond acceptors (Lipinski definition) is 3. The molecule has 150 valence electrons. The Kier molecular flexibility index (Phi) is 4.99. The molecular formula is C19H18F4N2O2S. The van der Waals surface area contributed by atoms with Gasteiger partial charge in [-0.15, -0.1) is 0 Å². The highest BCUT2D eigenvalue weighted by molar-refractivity contribution is 7.91. The van der Waals surface area contributed by atoms with Crippen LogP contribution in [0.4, 0.5) is 17.6 Å². The molecule has 3 rings (SSSR count). The van der Waals surface area contributed by atoms with E-state index in [-0.39, 0.29) is 35.5 Å². The Morgan fingerprint density at radius 3 is 2.39 bits per heavy atom. The third-order valence-electron chi connectivity index (χ3n) is 4.76. The second-order valence-electron chi connectivity index (χ2n) is 6.89. The normalized spacial score (nSPS) is 22.1. The Morgan fingerprint density at radius 1 is 1.18 bits per heavy atom. The van der Waals surface area contributed by atoms with Crippen molar-refractivity contribution in [1.82, 2.24) is 4.90 Å². The quantitative estimate of drug-likeness (QED) is 0.755. The lowest BCUT2D eigenvalue weighted by molar-refractivity contribution is -0.137. The molecule has 0 spiro atoms. The van der Waals surface area contributed by atoms with Crippen LogP contribution in [0.15, 0.2) is 53.4 Å². The summed E-state index contributed by atoms with van der Waals surface area (Å²) in [6.07, 6.45) is -3.41. The third kappa shape index (κ3) is 4.04. The van der Waals surface area contributed by atoms with Gasteiger partial charge in [0, 0.05) is 29.7 Å². The fourth-order valence-corrected chi connectivity index (χ4v) is 3.85. The lowest BCUT2D eigenvalue weighted by Crippen LogP contribution is -2.32. The molecule has 2 unspecified atom stereocenters. The molecule has 2 aromatic rings. The summed E-state index contributed by atoms with van der Waals surface area (Å²) >= 11 is 0. The van der Waals surface area contributed by atoms with Crippen LogP contribution in [0.1, 0.15) is 27.9 Å². The molecule has 0 radical (unpaired) electrons. The molecule has 1 fully saturated rings. The highest BCUT2D eigenvalue weighted by Gasteiger charge is 2.43. The molecule has 0 saturated carbocycles. The van der Waals surface area contributed by atoms with E-state index in [1.807, 2.05) is 0 Å². The first-order valence-electron chi connectivity index (χ1n) is 8.40. The number of nitrogens with zero attached hydrogens (tertiary/aromatic N) is 1. The monoisotopic (exact) mass is 414 g/mol. The molecule has 1 aliphatic rings. The summed E-state index contributed by atoms with van der Waals surface area (Å²) in [6.45, 7) is -0.284. The summed E-state index contributed by atoms with van der Waals surface area (Å²) in [5.41, 5.74) is -2.86. The van der Waals surface area contributed by atoms with E-state index in [0.717, 1.165) is 18.2 Å². The molecule has 1 saturated heterocycles. The van der Waals surface area contributed by atoms with Crippen molar-refractivity contribution < 1.29 is 26.6 Å². The van der Waals surface area contributed by atoms with Crippen molar-refractivity contribution >= 4 is 15.6 Å². The number of carbonyl (C=O) groups is 1. The predicted molar refractivity (Wildman–Crippen MR) is 96.2 cm³/mol. The molecule has 1 aliphatic heterocycles. The van der Waals surface area contributed by atoms with E-state index < -0.39 is 33.0 Å². The van der Waals surface area contributed by atoms with E-state index in [0.29, 0.717) is 0 Å². The number of hydrogen-bond donors (Lipinski definition) is 1. The van der Waals surface area contributed by atoms with Crippen LogP contribution >= 0.6 is 0 Å². The second kappa shape index (κ2) is 6.88. The van der Waals surface area contributed by atoms with Crippen LogP contribution in [-0.2, 0) is 21.6 Å². The van der Waals surface area contributed by atoms with Crippen molar-refractivity contribution in [3.05, 3.63) is 65.2 Å². The Bertz CT molecular complexity index is 1000. The summed E-state index contributed by atoms with van der Waals surface area (Å²) in [4.78, 5) is 14.1. The maximum Gasteiger partial charge on any atom is 0.416 e. The first-order valence-corrected chi connectivity index (χ1v) is 10.4. The maximum atomic E-state index is 15.3. The first kappa shape index (κ1) is 20.3. The minimum absolute atomic E-state index is 0.0658. The number of amides is 1. The van der Waals surface area contributed by atoms with Gasteiger partial charge < -0.3 is 4.90 Å². The van der Waals surface area contributed by atoms with E-state index in [2.05, 4.69) is 0 Å². The largest absolute Gasteiger partial charge is 0.416 e. The number of nitrogens with one attached hydrogen (secondary N) is 1. The highest BCUT2D eigenvalue weighted by atomic mass is 32.2. The van der Waals surface area contributed by atoms with Crippen molar-refractivity contribution in [3.8, 4) is 0 Å². The van der Waals surface area contributed by atoms with E-state index in [1.54, 1.807) is 0 Å². The van der Waals surface area contributed by atoms with E-state index >= 15 is 4.39 Å². The van der Waals surface area contributed by atoms with E-state index in [9.17, 15) is 22.2 Å². The molecule has 1 amide bonds. The molecule has 0 aromatic heterocycles. The fraction of sp³-hybridized carbons (Fsp3) is 0.316. The maximum absolute atomic E-state index is 15.3. The third-order valence-corrected chi connectivity index (χ3v) is 5.94. The molecule has 2 atom stereocenters. The molecule has 9 heteroatoms. The average Bonchev–Trinajstić information content (AvgIpc) is 3.03. The van der Waals surface area contributed by atoms with Crippen LogP contribution in [0.3, 0.4) is 0 Å². The van der Waals surface area contributed by atoms with E-state index in [4.69, 9.17) is 4.78 Å². The predicted octanol–water partition coefficient (Wildman–Crippen LogP) is 4.45. The second-order valence-corrected chi connectivity index (χ2v) is 9.05. The number of alkyl halides is 4. The van der Waals surface area contributed by atoms with Crippen molar-refractivity contribution in [2.45, 2.75) is 23.2 Å². The Morgan fingerprint density at radius 2 is 1.82 bits per heavy atom. The molecule has 0 bridgehead atoms. The Labute approximate surface area is 160 Å². The van der Waals surface area contributed by atoms with Crippen LogP contribution in [0.2, 0.25) is 0 Å². The van der Waals surface area contributed by atoms with Gasteiger partial charge in [0.05, 0.1) is 21.8 Å². The standard InChI is InChI=1S/C19H18F4N2O2S/c1-28(24,27)16-7-5-13(6-8-16)17(26)25-10-9-18(20,12-25)14-3-2-4-15(11-14)19(21,22)23/h2-8,11,24H,9-10,12H2,1H3. The summed E-state index contributed by atoms with van der Waals surface area (Å²) < 4.78 is 73.3. The van der Waals surface area contributed by atoms with Gasteiger partial charge in [0.1, 0.15) is 0 Å². The lowest BCUT2D eigenvalue weighted by atomic mass is 9.93. The molecule has 1 N–H and O–H groups in total. The Balaban J connectivity index is 1.80. The van der Waals surface area contributed by atoms with Gasteiger partial charge >= 0.3 is 6.18 Å². The zero-order valence-corrected chi connectivity index (χ0v) is 15.7. The van der Waals surface area contributed by atoms with Gasteiger partial charge in [0.25, 0.3) is 5.91 Å². The van der Waals surface area contributed by atoms with E-state index in [1.165, 1.54) is 41.5 Å². The van der Waals surface area contributed by atoms with Gasteiger partial charge in [-0.2, -0.15) is 13.2 Å². The number of likely N-dealkylation sites (tertiary alicyclic amines) is 1. The van der Waals surface area contributed by atoms with Crippen molar-refractivity contribution in [2.24, 2.45) is 0 Å². The SMILES string of the molecule is CS(=N)(=O)c1ccc(C(=O)N2CCC(F)(c3cccc(C(F)(F)F)c3)C2)cc1. The number of carbonyl (C=O) groups excluding carboxylic acids is 1. The van der Waals surface area contributed by atoms with Crippen LogP contribution in [0, 0.1) is 4.78 Å². The molecule has 0 aliphatic carbocycles. The van der Waals surface area contributed by atoms with Gasteiger partial charge in [-0.3, -0.25) is 4.79 Å². The Hall–Kier alpha value is -2.42. The van der Waals surface area contributed by atoms with Gasteiger partial charge in [0.15, 0.2) is 5.67 Å². The number of benzene rings is 2. The van der Waals surface area contributed by atoms with Gasteiger partial charge in [0.2, 0.25) is 0 Å². The van der Waals surface area contributed by atoms with Crippen LogP contribution in [0.25, 0.3) is 0 Å². The van der Waals surface area contributed by atoms with Crippen molar-refractivity contribution in [1.29, 1.82) is 4.78 Å². The summed E-state index contributed by atoms with van der Waals surface area (Å²) in [6, 6.07) is 9.77. The average molecular weight is 414 g/mol. The smallest absolute Gasteiger partial charge is 0.335 e. The molecule has 2 aromatic carbocycles. The minimum atomic E-state index is -4.57. The molecule has 4 nitrogen and oxygen atoms in total. The topological polar surface area (TPSA) is 61.2 Å². The first-order chi connectivity index (χ1) is 12.9. The van der Waals surface area contributed by atoms with Crippen molar-refractivity contribution in [3.63, 3.8) is 0 Å².